The van der Waals surface area contributed by atoms with Gasteiger partial charge in [-0.05, 0) is 87.6 Å². The minimum Gasteiger partial charge on any atom is -0.459 e. The lowest BCUT2D eigenvalue weighted by atomic mass is 9.73. The van der Waals surface area contributed by atoms with Gasteiger partial charge in [0.2, 0.25) is 5.91 Å². The summed E-state index contributed by atoms with van der Waals surface area (Å²) in [5.41, 5.74) is 0.644. The van der Waals surface area contributed by atoms with Gasteiger partial charge in [-0.25, -0.2) is 0 Å². The summed E-state index contributed by atoms with van der Waals surface area (Å²) in [6.45, 7) is 20.3. The predicted molar refractivity (Wildman–Crippen MR) is 209 cm³/mol. The highest BCUT2D eigenvalue weighted by Crippen LogP contribution is 2.42. The highest BCUT2D eigenvalue weighted by atomic mass is 16.7. The number of nitrogens with zero attached hydrogens (tertiary/aromatic N) is 1. The van der Waals surface area contributed by atoms with Crippen molar-refractivity contribution in [1.82, 2.24) is 4.90 Å². The maximum atomic E-state index is 14.3. The molecule has 0 aromatic heterocycles. The van der Waals surface area contributed by atoms with Gasteiger partial charge in [-0.3, -0.25) is 14.5 Å². The Bertz CT molecular complexity index is 1300. The summed E-state index contributed by atoms with van der Waals surface area (Å²) < 4.78 is 43.7. The zero-order chi connectivity index (χ0) is 43.5. The van der Waals surface area contributed by atoms with Crippen LogP contribution in [0.1, 0.15) is 109 Å². The maximum absolute atomic E-state index is 14.3. The van der Waals surface area contributed by atoms with E-state index in [0.717, 1.165) is 0 Å². The molecular formula is C41H76N2O14. The van der Waals surface area contributed by atoms with Crippen LogP contribution in [-0.2, 0) is 42.7 Å². The van der Waals surface area contributed by atoms with Crippen molar-refractivity contribution in [3.63, 3.8) is 0 Å². The molecule has 334 valence electrons. The van der Waals surface area contributed by atoms with Crippen molar-refractivity contribution >= 4 is 11.9 Å². The molecule has 0 radical (unpaired) electrons. The number of esters is 1. The van der Waals surface area contributed by atoms with E-state index in [9.17, 15) is 35.1 Å². The van der Waals surface area contributed by atoms with Gasteiger partial charge in [-0.15, -0.1) is 0 Å². The first kappa shape index (κ1) is 49.8. The number of nitrogens with two attached hydrogens (primary N) is 1. The van der Waals surface area contributed by atoms with Crippen LogP contribution in [0.2, 0.25) is 0 Å². The smallest absolute Gasteiger partial charge is 0.311 e. The highest BCUT2D eigenvalue weighted by molar-refractivity contribution is 5.75. The monoisotopic (exact) mass is 821 g/mol. The summed E-state index contributed by atoms with van der Waals surface area (Å²) in [6, 6.07) is -0.255. The van der Waals surface area contributed by atoms with Crippen molar-refractivity contribution in [1.29, 1.82) is 0 Å². The van der Waals surface area contributed by atoms with Gasteiger partial charge in [-0.2, -0.15) is 0 Å². The normalized spacial score (nSPS) is 47.1. The Kier molecular flexibility index (Phi) is 17.4. The fourth-order valence-electron chi connectivity index (χ4n) is 9.35. The summed E-state index contributed by atoms with van der Waals surface area (Å²) in [7, 11) is 3.41. The van der Waals surface area contributed by atoms with E-state index < -0.39 is 120 Å². The van der Waals surface area contributed by atoms with Crippen molar-refractivity contribution in [2.75, 3.05) is 20.8 Å². The van der Waals surface area contributed by atoms with Gasteiger partial charge < -0.3 is 64.4 Å². The Morgan fingerprint density at radius 1 is 0.947 bits per heavy atom. The number of aliphatic hydroxyl groups is 5. The van der Waals surface area contributed by atoms with Crippen molar-refractivity contribution in [2.45, 2.75) is 205 Å². The molecular weight excluding hydrogens is 744 g/mol. The first-order chi connectivity index (χ1) is 26.2. The molecule has 0 aromatic carbocycles. The number of ether oxygens (including phenoxy) is 7. The number of methoxy groups -OCH3 is 1. The average Bonchev–Trinajstić information content (AvgIpc) is 3.12. The predicted octanol–water partition coefficient (Wildman–Crippen LogP) is 1.87. The van der Waals surface area contributed by atoms with Crippen LogP contribution in [0.3, 0.4) is 0 Å². The largest absolute Gasteiger partial charge is 0.459 e. The molecule has 0 saturated carbocycles. The standard InChI is InChI=1S/C41H76N2O14/c1-15-28-41(12,50)34(46)23(6)32(52-19-29(42)44)21(4)17-39(10,49)36(57-38-31(45)27(16-22(5)53-38)43(13)20(2)3)24(7)33(25(8)37(48)55-28)56-30-18-40(11,51-14)35(47)26(9)54-30/h20-28,30-36,38,45-47,49-50H,15-19H2,1-14H3,(H2,42,44)/t21-,22-,23+,24+,25-,26+,27?,28-,30+,31-,32+,33+,34-,35+,36-,38+,39-,40-,41-/m1/s1. The molecule has 1 amide bonds. The van der Waals surface area contributed by atoms with E-state index in [1.54, 1.807) is 55.4 Å². The van der Waals surface area contributed by atoms with Crippen molar-refractivity contribution < 1.29 is 68.3 Å². The van der Waals surface area contributed by atoms with Crippen LogP contribution in [-0.4, -0.2) is 159 Å². The van der Waals surface area contributed by atoms with Gasteiger partial charge >= 0.3 is 5.97 Å². The highest BCUT2D eigenvalue weighted by Gasteiger charge is 2.54. The number of carbonyl (C=O) groups is 2. The molecule has 16 heteroatoms. The molecule has 57 heavy (non-hydrogen) atoms. The lowest BCUT2D eigenvalue weighted by Gasteiger charge is -2.50. The quantitative estimate of drug-likeness (QED) is 0.164. The molecule has 3 aliphatic rings. The summed E-state index contributed by atoms with van der Waals surface area (Å²) >= 11 is 0. The Morgan fingerprint density at radius 2 is 1.56 bits per heavy atom. The fraction of sp³-hybridized carbons (Fsp3) is 0.951. The third kappa shape index (κ3) is 11.4. The maximum Gasteiger partial charge on any atom is 0.311 e. The van der Waals surface area contributed by atoms with Crippen LogP contribution in [0, 0.1) is 23.7 Å². The van der Waals surface area contributed by atoms with E-state index in [1.807, 2.05) is 27.8 Å². The van der Waals surface area contributed by atoms with Crippen molar-refractivity contribution in [3.05, 3.63) is 0 Å². The number of rotatable bonds is 11. The molecule has 3 rings (SSSR count). The molecule has 3 saturated heterocycles. The summed E-state index contributed by atoms with van der Waals surface area (Å²) in [5, 5.41) is 59.2. The van der Waals surface area contributed by atoms with Gasteiger partial charge in [-0.1, -0.05) is 27.7 Å². The third-order valence-corrected chi connectivity index (χ3v) is 13.1. The molecule has 3 heterocycles. The molecule has 16 nitrogen and oxygen atoms in total. The number of carbonyl (C=O) groups excluding carboxylic acids is 2. The second-order valence-corrected chi connectivity index (χ2v) is 18.3. The second kappa shape index (κ2) is 19.9. The average molecular weight is 821 g/mol. The van der Waals surface area contributed by atoms with Crippen LogP contribution in [0.5, 0.6) is 0 Å². The topological polar surface area (TPSA) is 229 Å². The van der Waals surface area contributed by atoms with E-state index in [1.165, 1.54) is 14.0 Å². The van der Waals surface area contributed by atoms with Gasteiger partial charge in [0.25, 0.3) is 0 Å². The molecule has 19 atom stereocenters. The Hall–Kier alpha value is -1.54. The minimum atomic E-state index is -1.99. The van der Waals surface area contributed by atoms with Gasteiger partial charge in [0, 0.05) is 37.5 Å². The SMILES string of the molecule is CC[C@H]1OC(=O)[C@H](C)[C@@H](O[C@H]2C[C@@](C)(OC)[C@@H](O)[C@H](C)O2)[C@H](C)[C@@H](O[C@@H]2O[C@H](C)CC(N(C)C(C)C)[C@H]2O)[C@](C)(O)C[C@@H](C)[C@H](OCC(N)=O)[C@H](C)[C@@H](O)[C@]1(C)O. The number of amides is 1. The number of likely N-dealkylation sites (N-methyl/N-ethyl adjacent to an activating group) is 1. The van der Waals surface area contributed by atoms with Crippen molar-refractivity contribution in [3.8, 4) is 0 Å². The zero-order valence-corrected chi connectivity index (χ0v) is 36.8. The van der Waals surface area contributed by atoms with Crippen molar-refractivity contribution in [2.24, 2.45) is 29.4 Å². The lowest BCUT2D eigenvalue weighted by Crippen LogP contribution is -2.62. The third-order valence-electron chi connectivity index (χ3n) is 13.1. The van der Waals surface area contributed by atoms with Crippen LogP contribution < -0.4 is 5.73 Å². The summed E-state index contributed by atoms with van der Waals surface area (Å²) in [4.78, 5) is 28.3. The molecule has 0 aromatic rings. The summed E-state index contributed by atoms with van der Waals surface area (Å²) in [6.07, 6.45) is -10.7. The van der Waals surface area contributed by atoms with Crippen LogP contribution in [0.25, 0.3) is 0 Å². The first-order valence-electron chi connectivity index (χ1n) is 20.7. The molecule has 0 spiro atoms. The molecule has 3 fully saturated rings. The Balaban J connectivity index is 2.24. The lowest BCUT2D eigenvalue weighted by molar-refractivity contribution is -0.319. The van der Waals surface area contributed by atoms with Gasteiger partial charge in [0.15, 0.2) is 12.6 Å². The molecule has 3 aliphatic heterocycles. The fourth-order valence-corrected chi connectivity index (χ4v) is 9.35. The Morgan fingerprint density at radius 3 is 2.11 bits per heavy atom. The molecule has 0 aliphatic carbocycles. The number of cyclic esters (lactones) is 1. The first-order valence-corrected chi connectivity index (χ1v) is 20.7. The van der Waals surface area contributed by atoms with E-state index in [-0.39, 0.29) is 37.5 Å². The summed E-state index contributed by atoms with van der Waals surface area (Å²) in [5.74, 6) is -4.92. The van der Waals surface area contributed by atoms with E-state index >= 15 is 0 Å². The number of primary amides is 1. The molecule has 7 N–H and O–H groups in total. The Labute approximate surface area is 340 Å². The minimum absolute atomic E-state index is 0.0496. The molecule has 0 bridgehead atoms. The van der Waals surface area contributed by atoms with E-state index in [0.29, 0.717) is 6.42 Å². The van der Waals surface area contributed by atoms with Crippen LogP contribution in [0.4, 0.5) is 0 Å². The second-order valence-electron chi connectivity index (χ2n) is 18.3. The number of hydrogen-bond acceptors (Lipinski definition) is 15. The van der Waals surface area contributed by atoms with Gasteiger partial charge in [0.1, 0.15) is 30.5 Å². The van der Waals surface area contributed by atoms with E-state index in [2.05, 4.69) is 4.90 Å². The van der Waals surface area contributed by atoms with Gasteiger partial charge in [0.05, 0.1) is 53.7 Å². The van der Waals surface area contributed by atoms with Crippen LogP contribution in [0.15, 0.2) is 0 Å². The number of hydrogen-bond donors (Lipinski definition) is 6. The van der Waals surface area contributed by atoms with Crippen LogP contribution >= 0.6 is 0 Å². The number of aliphatic hydroxyl groups excluding tert-OH is 3. The zero-order valence-electron chi connectivity index (χ0n) is 36.8. The van der Waals surface area contributed by atoms with E-state index in [4.69, 9.17) is 38.9 Å². The molecule has 1 unspecified atom stereocenters.